The molecule has 1 aromatic carbocycles. The van der Waals surface area contributed by atoms with Gasteiger partial charge in [-0.25, -0.2) is 15.3 Å². The van der Waals surface area contributed by atoms with Crippen molar-refractivity contribution in [3.63, 3.8) is 0 Å². The van der Waals surface area contributed by atoms with E-state index in [9.17, 15) is 4.79 Å². The van der Waals surface area contributed by atoms with E-state index >= 15 is 0 Å². The van der Waals surface area contributed by atoms with Crippen LogP contribution in [0.25, 0.3) is 0 Å². The molecule has 2 unspecified atom stereocenters. The molecule has 0 bridgehead atoms. The summed E-state index contributed by atoms with van der Waals surface area (Å²) in [6, 6.07) is 11.5. The number of nitrogens with zero attached hydrogens (tertiary/aromatic N) is 3. The third-order valence-corrected chi connectivity index (χ3v) is 4.89. The SMILES string of the molecule is Cc1cc(CC(=O)N2CCCC2C2=NC(C)(c3ccccc3)ON2)on1. The average molecular weight is 354 g/mol. The minimum atomic E-state index is -0.782. The highest BCUT2D eigenvalue weighted by Gasteiger charge is 2.40. The molecule has 0 radical (unpaired) electrons. The predicted molar refractivity (Wildman–Crippen MR) is 95.1 cm³/mol. The van der Waals surface area contributed by atoms with Gasteiger partial charge in [-0.05, 0) is 26.7 Å². The Morgan fingerprint density at radius 3 is 2.92 bits per heavy atom. The molecule has 3 heterocycles. The van der Waals surface area contributed by atoms with Crippen molar-refractivity contribution in [1.82, 2.24) is 15.5 Å². The smallest absolute Gasteiger partial charge is 0.230 e. The molecule has 0 spiro atoms. The number of nitrogens with one attached hydrogen (secondary N) is 1. The van der Waals surface area contributed by atoms with Crippen molar-refractivity contribution < 1.29 is 14.2 Å². The monoisotopic (exact) mass is 354 g/mol. The van der Waals surface area contributed by atoms with E-state index in [4.69, 9.17) is 14.4 Å². The fraction of sp³-hybridized carbons (Fsp3) is 0.421. The fourth-order valence-corrected chi connectivity index (χ4v) is 3.54. The first-order valence-electron chi connectivity index (χ1n) is 8.86. The molecule has 26 heavy (non-hydrogen) atoms. The Morgan fingerprint density at radius 1 is 1.38 bits per heavy atom. The van der Waals surface area contributed by atoms with E-state index in [1.807, 2.05) is 49.1 Å². The van der Waals surface area contributed by atoms with Crippen LogP contribution in [0.4, 0.5) is 0 Å². The van der Waals surface area contributed by atoms with Gasteiger partial charge in [-0.3, -0.25) is 4.79 Å². The number of rotatable bonds is 4. The molecule has 7 heteroatoms. The summed E-state index contributed by atoms with van der Waals surface area (Å²) in [6.07, 6.45) is 2.01. The number of amides is 1. The van der Waals surface area contributed by atoms with Gasteiger partial charge in [-0.2, -0.15) is 0 Å². The number of hydroxylamine groups is 1. The molecule has 1 aromatic heterocycles. The van der Waals surface area contributed by atoms with Gasteiger partial charge >= 0.3 is 0 Å². The minimum absolute atomic E-state index is 0.0152. The maximum absolute atomic E-state index is 12.7. The van der Waals surface area contributed by atoms with Crippen LogP contribution in [0.3, 0.4) is 0 Å². The van der Waals surface area contributed by atoms with E-state index in [0.29, 0.717) is 18.1 Å². The van der Waals surface area contributed by atoms with Crippen LogP contribution in [-0.4, -0.2) is 34.4 Å². The van der Waals surface area contributed by atoms with E-state index in [2.05, 4.69) is 10.6 Å². The summed E-state index contributed by atoms with van der Waals surface area (Å²) in [5, 5.41) is 3.84. The molecule has 1 amide bonds. The summed E-state index contributed by atoms with van der Waals surface area (Å²) in [5.74, 6) is 1.31. The van der Waals surface area contributed by atoms with Gasteiger partial charge in [-0.1, -0.05) is 35.5 Å². The lowest BCUT2D eigenvalue weighted by atomic mass is 10.1. The quantitative estimate of drug-likeness (QED) is 0.911. The number of hydrogen-bond acceptors (Lipinski definition) is 6. The summed E-state index contributed by atoms with van der Waals surface area (Å²) < 4.78 is 5.18. The van der Waals surface area contributed by atoms with Crippen LogP contribution < -0.4 is 5.48 Å². The Labute approximate surface area is 152 Å². The number of carbonyl (C=O) groups excluding carboxylic acids is 1. The van der Waals surface area contributed by atoms with Crippen molar-refractivity contribution >= 4 is 11.7 Å². The lowest BCUT2D eigenvalue weighted by molar-refractivity contribution is -0.130. The van der Waals surface area contributed by atoms with E-state index < -0.39 is 5.72 Å². The Balaban J connectivity index is 1.51. The first kappa shape index (κ1) is 16.8. The first-order chi connectivity index (χ1) is 12.5. The lowest BCUT2D eigenvalue weighted by Gasteiger charge is -2.23. The number of aliphatic imine (C=N–C) groups is 1. The molecule has 1 N–H and O–H groups in total. The maximum Gasteiger partial charge on any atom is 0.230 e. The molecule has 1 fully saturated rings. The van der Waals surface area contributed by atoms with Gasteiger partial charge in [0, 0.05) is 18.2 Å². The topological polar surface area (TPSA) is 80.0 Å². The van der Waals surface area contributed by atoms with Crippen molar-refractivity contribution in [2.75, 3.05) is 6.54 Å². The summed E-state index contributed by atoms with van der Waals surface area (Å²) in [6.45, 7) is 4.47. The van der Waals surface area contributed by atoms with E-state index in [-0.39, 0.29) is 18.4 Å². The average Bonchev–Trinajstić information content (AvgIpc) is 3.36. The lowest BCUT2D eigenvalue weighted by Crippen LogP contribution is -2.44. The van der Waals surface area contributed by atoms with Gasteiger partial charge in [0.15, 0.2) is 0 Å². The molecule has 2 atom stereocenters. The van der Waals surface area contributed by atoms with E-state index in [1.54, 1.807) is 6.07 Å². The second kappa shape index (κ2) is 6.57. The van der Waals surface area contributed by atoms with Crippen LogP contribution in [-0.2, 0) is 21.8 Å². The van der Waals surface area contributed by atoms with Crippen LogP contribution >= 0.6 is 0 Å². The molecule has 0 aliphatic carbocycles. The van der Waals surface area contributed by atoms with Gasteiger partial charge in [0.05, 0.1) is 18.2 Å². The Bertz CT molecular complexity index is 832. The molecule has 2 aliphatic rings. The number of likely N-dealkylation sites (tertiary alicyclic amines) is 1. The zero-order valence-electron chi connectivity index (χ0n) is 14.9. The molecular formula is C19H22N4O3. The van der Waals surface area contributed by atoms with Crippen molar-refractivity contribution in [1.29, 1.82) is 0 Å². The zero-order valence-corrected chi connectivity index (χ0v) is 14.9. The van der Waals surface area contributed by atoms with Crippen LogP contribution in [0, 0.1) is 6.92 Å². The number of aryl methyl sites for hydroxylation is 1. The highest BCUT2D eigenvalue weighted by Crippen LogP contribution is 2.32. The number of benzene rings is 1. The Hall–Kier alpha value is -2.67. The molecular weight excluding hydrogens is 332 g/mol. The standard InChI is InChI=1S/C19H22N4O3/c1-13-11-15(25-21-13)12-17(24)23-10-6-9-16(23)18-20-19(2,26-22-18)14-7-4-3-5-8-14/h3-5,7-8,11,16H,6,9-10,12H2,1-2H3,(H,20,22). The van der Waals surface area contributed by atoms with Crippen molar-refractivity contribution in [3.8, 4) is 0 Å². The minimum Gasteiger partial charge on any atom is -0.361 e. The molecule has 136 valence electrons. The highest BCUT2D eigenvalue weighted by molar-refractivity contribution is 5.92. The highest BCUT2D eigenvalue weighted by atomic mass is 16.7. The number of hydrogen-bond donors (Lipinski definition) is 1. The van der Waals surface area contributed by atoms with Gasteiger partial charge in [-0.15, -0.1) is 0 Å². The maximum atomic E-state index is 12.7. The second-order valence-corrected chi connectivity index (χ2v) is 6.91. The third-order valence-electron chi connectivity index (χ3n) is 4.89. The van der Waals surface area contributed by atoms with E-state index in [1.165, 1.54) is 0 Å². The third kappa shape index (κ3) is 3.10. The van der Waals surface area contributed by atoms with Gasteiger partial charge in [0.25, 0.3) is 0 Å². The van der Waals surface area contributed by atoms with Gasteiger partial charge in [0.1, 0.15) is 11.6 Å². The molecule has 1 saturated heterocycles. The van der Waals surface area contributed by atoms with Gasteiger partial charge in [0.2, 0.25) is 11.6 Å². The first-order valence-corrected chi connectivity index (χ1v) is 8.86. The molecule has 2 aromatic rings. The van der Waals surface area contributed by atoms with Crippen molar-refractivity contribution in [2.45, 2.75) is 44.9 Å². The Kier molecular flexibility index (Phi) is 4.24. The van der Waals surface area contributed by atoms with Crippen LogP contribution in [0.1, 0.15) is 36.8 Å². The number of carbonyl (C=O) groups is 1. The largest absolute Gasteiger partial charge is 0.361 e. The van der Waals surface area contributed by atoms with Crippen LogP contribution in [0.15, 0.2) is 45.9 Å². The Morgan fingerprint density at radius 2 is 2.19 bits per heavy atom. The summed E-state index contributed by atoms with van der Waals surface area (Å²) in [4.78, 5) is 25.1. The summed E-state index contributed by atoms with van der Waals surface area (Å²) >= 11 is 0. The predicted octanol–water partition coefficient (Wildman–Crippen LogP) is 2.32. The molecule has 7 nitrogen and oxygen atoms in total. The normalized spacial score (nSPS) is 25.2. The second-order valence-electron chi connectivity index (χ2n) is 6.91. The zero-order chi connectivity index (χ0) is 18.1. The molecule has 0 saturated carbocycles. The fourth-order valence-electron chi connectivity index (χ4n) is 3.54. The summed E-state index contributed by atoms with van der Waals surface area (Å²) in [5.41, 5.74) is 3.92. The molecule has 2 aliphatic heterocycles. The summed E-state index contributed by atoms with van der Waals surface area (Å²) in [7, 11) is 0. The molecule has 4 rings (SSSR count). The van der Waals surface area contributed by atoms with Crippen LogP contribution in [0.2, 0.25) is 0 Å². The van der Waals surface area contributed by atoms with Crippen LogP contribution in [0.5, 0.6) is 0 Å². The van der Waals surface area contributed by atoms with Crippen molar-refractivity contribution in [3.05, 3.63) is 53.4 Å². The number of aromatic nitrogens is 1. The van der Waals surface area contributed by atoms with E-state index in [0.717, 1.165) is 24.1 Å². The number of amidine groups is 1. The van der Waals surface area contributed by atoms with Gasteiger partial charge < -0.3 is 9.42 Å². The van der Waals surface area contributed by atoms with Crippen molar-refractivity contribution in [2.24, 2.45) is 4.99 Å².